The first-order valence-electron chi connectivity index (χ1n) is 13.8. The summed E-state index contributed by atoms with van der Waals surface area (Å²) in [5, 5.41) is 11.4. The number of ether oxygens (including phenoxy) is 2. The maximum Gasteiger partial charge on any atom is 0.229 e. The van der Waals surface area contributed by atoms with Crippen LogP contribution < -0.4 is 14.4 Å². The molecule has 6 heteroatoms. The number of rotatable bonds is 10. The normalized spacial score (nSPS) is 12.3. The lowest BCUT2D eigenvalue weighted by Gasteiger charge is -2.27. The Balaban J connectivity index is 1.64. The van der Waals surface area contributed by atoms with Crippen LogP contribution in [0.25, 0.3) is 21.9 Å². The molecule has 1 N–H and O–H groups in total. The van der Waals surface area contributed by atoms with Gasteiger partial charge in [0.15, 0.2) is 0 Å². The molecule has 1 unspecified atom stereocenters. The maximum absolute atomic E-state index is 13.7. The second-order valence-electron chi connectivity index (χ2n) is 11.6. The van der Waals surface area contributed by atoms with Gasteiger partial charge < -0.3 is 14.6 Å². The highest BCUT2D eigenvalue weighted by Gasteiger charge is 2.25. The van der Waals surface area contributed by atoms with Crippen molar-refractivity contribution in [1.82, 2.24) is 4.98 Å². The quantitative estimate of drug-likeness (QED) is 0.228. The van der Waals surface area contributed by atoms with E-state index < -0.39 is 6.10 Å². The van der Waals surface area contributed by atoms with Crippen molar-refractivity contribution < 1.29 is 19.4 Å². The van der Waals surface area contributed by atoms with E-state index >= 15 is 0 Å². The first-order valence-corrected chi connectivity index (χ1v) is 13.8. The second-order valence-corrected chi connectivity index (χ2v) is 11.6. The van der Waals surface area contributed by atoms with Gasteiger partial charge in [0, 0.05) is 24.4 Å². The van der Waals surface area contributed by atoms with Gasteiger partial charge in [0.1, 0.15) is 17.3 Å². The minimum absolute atomic E-state index is 0.0274. The molecular weight excluding hydrogens is 500 g/mol. The highest BCUT2D eigenvalue weighted by atomic mass is 16.5. The monoisotopic (exact) mass is 540 g/mol. The lowest BCUT2D eigenvalue weighted by molar-refractivity contribution is -0.120. The molecule has 0 radical (unpaired) electrons. The summed E-state index contributed by atoms with van der Waals surface area (Å²) < 4.78 is 11.2. The molecule has 3 aromatic carbocycles. The van der Waals surface area contributed by atoms with Crippen molar-refractivity contribution in [1.29, 1.82) is 0 Å². The van der Waals surface area contributed by atoms with Crippen molar-refractivity contribution in [3.05, 3.63) is 84.1 Å². The standard InChI is InChI=1S/C34H40N2O4/c1-23-19-27(11-14-31(23)39-6)26-9-7-25(8-10-26)22-36(32(38)21-34(3,4)5)33-30-13-12-29(40-18-16-24(2)37)20-28(30)15-17-35-33/h7-15,17,19-20,24,37H,16,18,21-22H2,1-6H3. The Morgan fingerprint density at radius 1 is 1.00 bits per heavy atom. The fourth-order valence-corrected chi connectivity index (χ4v) is 4.67. The Bertz CT molecular complexity index is 1460. The number of benzene rings is 3. The summed E-state index contributed by atoms with van der Waals surface area (Å²) in [4.78, 5) is 20.2. The molecule has 0 saturated heterocycles. The molecule has 40 heavy (non-hydrogen) atoms. The van der Waals surface area contributed by atoms with E-state index in [2.05, 4.69) is 62.2 Å². The molecule has 6 nitrogen and oxygen atoms in total. The molecule has 1 aromatic heterocycles. The Morgan fingerprint density at radius 2 is 1.73 bits per heavy atom. The third kappa shape index (κ3) is 7.39. The van der Waals surface area contributed by atoms with E-state index in [1.54, 1.807) is 25.1 Å². The van der Waals surface area contributed by atoms with Crippen LogP contribution in [0.4, 0.5) is 5.82 Å². The van der Waals surface area contributed by atoms with Gasteiger partial charge in [0.05, 0.1) is 26.4 Å². The van der Waals surface area contributed by atoms with E-state index in [4.69, 9.17) is 9.47 Å². The first-order chi connectivity index (χ1) is 19.0. The minimum Gasteiger partial charge on any atom is -0.496 e. The molecule has 1 amide bonds. The summed E-state index contributed by atoms with van der Waals surface area (Å²) in [5.41, 5.74) is 4.16. The van der Waals surface area contributed by atoms with Gasteiger partial charge in [-0.15, -0.1) is 0 Å². The number of aliphatic hydroxyl groups excluding tert-OH is 1. The summed E-state index contributed by atoms with van der Waals surface area (Å²) in [5.74, 6) is 2.26. The fraction of sp³-hybridized carbons (Fsp3) is 0.353. The van der Waals surface area contributed by atoms with E-state index in [0.717, 1.165) is 44.5 Å². The number of amides is 1. The van der Waals surface area contributed by atoms with Crippen LogP contribution in [0.1, 0.15) is 51.7 Å². The van der Waals surface area contributed by atoms with Gasteiger partial charge in [-0.1, -0.05) is 51.1 Å². The number of carbonyl (C=O) groups excluding carboxylic acids is 1. The predicted octanol–water partition coefficient (Wildman–Crippen LogP) is 7.34. The number of carbonyl (C=O) groups is 1. The van der Waals surface area contributed by atoms with E-state index in [1.807, 2.05) is 37.3 Å². The smallest absolute Gasteiger partial charge is 0.229 e. The molecule has 1 atom stereocenters. The van der Waals surface area contributed by atoms with Gasteiger partial charge >= 0.3 is 0 Å². The largest absolute Gasteiger partial charge is 0.496 e. The zero-order valence-electron chi connectivity index (χ0n) is 24.4. The van der Waals surface area contributed by atoms with Crippen LogP contribution >= 0.6 is 0 Å². The molecular formula is C34H40N2O4. The maximum atomic E-state index is 13.7. The summed E-state index contributed by atoms with van der Waals surface area (Å²) in [6, 6.07) is 22.2. The predicted molar refractivity (Wildman–Crippen MR) is 162 cm³/mol. The van der Waals surface area contributed by atoms with E-state index in [1.165, 1.54) is 0 Å². The van der Waals surface area contributed by atoms with E-state index in [9.17, 15) is 9.90 Å². The van der Waals surface area contributed by atoms with Crippen LogP contribution in [-0.2, 0) is 11.3 Å². The van der Waals surface area contributed by atoms with Crippen molar-refractivity contribution in [2.75, 3.05) is 18.6 Å². The van der Waals surface area contributed by atoms with Crippen LogP contribution in [0.3, 0.4) is 0 Å². The summed E-state index contributed by atoms with van der Waals surface area (Å²) in [6.45, 7) is 10.8. The number of nitrogens with zero attached hydrogens (tertiary/aromatic N) is 2. The number of anilines is 1. The minimum atomic E-state index is -0.409. The number of aliphatic hydroxyl groups is 1. The van der Waals surface area contributed by atoms with Gasteiger partial charge in [-0.3, -0.25) is 9.69 Å². The van der Waals surface area contributed by atoms with Crippen molar-refractivity contribution in [2.24, 2.45) is 5.41 Å². The second kappa shape index (κ2) is 12.5. The van der Waals surface area contributed by atoms with Crippen molar-refractivity contribution in [2.45, 2.75) is 60.1 Å². The van der Waals surface area contributed by atoms with Crippen molar-refractivity contribution >= 4 is 22.5 Å². The number of pyridine rings is 1. The molecule has 4 rings (SSSR count). The fourth-order valence-electron chi connectivity index (χ4n) is 4.67. The molecule has 1 heterocycles. The Morgan fingerprint density at radius 3 is 2.38 bits per heavy atom. The lowest BCUT2D eigenvalue weighted by Crippen LogP contribution is -2.34. The molecule has 0 spiro atoms. The molecule has 0 fully saturated rings. The number of hydrogen-bond donors (Lipinski definition) is 1. The van der Waals surface area contributed by atoms with Crippen LogP contribution in [0.2, 0.25) is 0 Å². The van der Waals surface area contributed by atoms with Gasteiger partial charge in [-0.05, 0) is 83.3 Å². The Kier molecular flexibility index (Phi) is 9.10. The number of aryl methyl sites for hydroxylation is 1. The number of hydrogen-bond acceptors (Lipinski definition) is 5. The lowest BCUT2D eigenvalue weighted by atomic mass is 9.91. The summed E-state index contributed by atoms with van der Waals surface area (Å²) in [6.07, 6.45) is 2.29. The molecule has 0 bridgehead atoms. The average molecular weight is 541 g/mol. The third-order valence-corrected chi connectivity index (χ3v) is 6.78. The average Bonchev–Trinajstić information content (AvgIpc) is 2.90. The van der Waals surface area contributed by atoms with Gasteiger partial charge in [0.2, 0.25) is 5.91 Å². The SMILES string of the molecule is COc1ccc(-c2ccc(CN(C(=O)CC(C)(C)C)c3nccc4cc(OCCC(C)O)ccc34)cc2)cc1C. The Hall–Kier alpha value is -3.90. The third-order valence-electron chi connectivity index (χ3n) is 6.78. The summed E-state index contributed by atoms with van der Waals surface area (Å²) >= 11 is 0. The highest BCUT2D eigenvalue weighted by molar-refractivity contribution is 6.02. The van der Waals surface area contributed by atoms with Crippen molar-refractivity contribution in [3.8, 4) is 22.6 Å². The van der Waals surface area contributed by atoms with Crippen LogP contribution in [0, 0.1) is 12.3 Å². The van der Waals surface area contributed by atoms with Crippen molar-refractivity contribution in [3.63, 3.8) is 0 Å². The first kappa shape index (κ1) is 29.1. The molecule has 4 aromatic rings. The summed E-state index contributed by atoms with van der Waals surface area (Å²) in [7, 11) is 1.68. The van der Waals surface area contributed by atoms with Crippen LogP contribution in [-0.4, -0.2) is 35.8 Å². The molecule has 0 aliphatic heterocycles. The topological polar surface area (TPSA) is 71.9 Å². The molecule has 0 aliphatic carbocycles. The highest BCUT2D eigenvalue weighted by Crippen LogP contribution is 2.32. The van der Waals surface area contributed by atoms with E-state index in [0.29, 0.717) is 31.8 Å². The van der Waals surface area contributed by atoms with Gasteiger partial charge in [0.25, 0.3) is 0 Å². The van der Waals surface area contributed by atoms with Crippen LogP contribution in [0.5, 0.6) is 11.5 Å². The number of fused-ring (bicyclic) bond motifs is 1. The van der Waals surface area contributed by atoms with Gasteiger partial charge in [-0.2, -0.15) is 0 Å². The zero-order valence-corrected chi connectivity index (χ0v) is 24.4. The zero-order chi connectivity index (χ0) is 28.9. The number of aromatic nitrogens is 1. The van der Waals surface area contributed by atoms with Gasteiger partial charge in [-0.25, -0.2) is 4.98 Å². The molecule has 210 valence electrons. The molecule has 0 aliphatic rings. The van der Waals surface area contributed by atoms with Crippen LogP contribution in [0.15, 0.2) is 72.9 Å². The van der Waals surface area contributed by atoms with E-state index in [-0.39, 0.29) is 11.3 Å². The number of methoxy groups -OCH3 is 1. The Labute approximate surface area is 237 Å². The molecule has 0 saturated carbocycles.